The van der Waals surface area contributed by atoms with E-state index in [-0.39, 0.29) is 12.2 Å². The van der Waals surface area contributed by atoms with Gasteiger partial charge in [0.2, 0.25) is 11.3 Å². The SMILES string of the molecule is Cc1cccc(C)c1NC(=O)CNC(=O)c1nn(-c2ccccc2Cl)c(C)cc1=O. The lowest BCUT2D eigenvalue weighted by Crippen LogP contribution is -2.37. The Morgan fingerprint density at radius 2 is 1.70 bits per heavy atom. The van der Waals surface area contributed by atoms with Gasteiger partial charge in [-0.2, -0.15) is 5.10 Å². The second kappa shape index (κ2) is 8.92. The lowest BCUT2D eigenvalue weighted by molar-refractivity contribution is -0.115. The molecule has 0 aliphatic rings. The number of hydrogen-bond acceptors (Lipinski definition) is 4. The maximum Gasteiger partial charge on any atom is 0.276 e. The molecule has 0 spiro atoms. The fourth-order valence-corrected chi connectivity index (χ4v) is 3.23. The first kappa shape index (κ1) is 21.3. The molecule has 30 heavy (non-hydrogen) atoms. The quantitative estimate of drug-likeness (QED) is 0.657. The van der Waals surface area contributed by atoms with Gasteiger partial charge in [-0.3, -0.25) is 14.4 Å². The van der Waals surface area contributed by atoms with Gasteiger partial charge >= 0.3 is 0 Å². The number of nitrogens with one attached hydrogen (secondary N) is 2. The van der Waals surface area contributed by atoms with Crippen LogP contribution in [0.5, 0.6) is 0 Å². The summed E-state index contributed by atoms with van der Waals surface area (Å²) < 4.78 is 1.43. The molecular formula is C22H21ClN4O3. The van der Waals surface area contributed by atoms with Crippen LogP contribution in [0.2, 0.25) is 5.02 Å². The van der Waals surface area contributed by atoms with E-state index in [4.69, 9.17) is 11.6 Å². The van der Waals surface area contributed by atoms with Gasteiger partial charge < -0.3 is 10.6 Å². The Balaban J connectivity index is 1.77. The zero-order chi connectivity index (χ0) is 21.8. The van der Waals surface area contributed by atoms with Crippen LogP contribution in [0.4, 0.5) is 5.69 Å². The topological polar surface area (TPSA) is 93.1 Å². The third-order valence-electron chi connectivity index (χ3n) is 4.56. The molecule has 154 valence electrons. The summed E-state index contributed by atoms with van der Waals surface area (Å²) in [4.78, 5) is 37.1. The summed E-state index contributed by atoms with van der Waals surface area (Å²) in [6.07, 6.45) is 0. The second-order valence-electron chi connectivity index (χ2n) is 6.86. The summed E-state index contributed by atoms with van der Waals surface area (Å²) in [6.45, 7) is 5.16. The highest BCUT2D eigenvalue weighted by Gasteiger charge is 2.17. The van der Waals surface area contributed by atoms with E-state index in [0.29, 0.717) is 22.1 Å². The standard InChI is InChI=1S/C22H21ClN4O3/c1-13-7-6-8-14(2)20(13)25-19(29)12-24-22(30)21-18(28)11-15(3)27(26-21)17-10-5-4-9-16(17)23/h4-11H,12H2,1-3H3,(H,24,30)(H,25,29). The van der Waals surface area contributed by atoms with Crippen molar-refractivity contribution in [2.24, 2.45) is 0 Å². The number of benzene rings is 2. The van der Waals surface area contributed by atoms with Gasteiger partial charge in [-0.05, 0) is 44.0 Å². The Morgan fingerprint density at radius 3 is 2.37 bits per heavy atom. The summed E-state index contributed by atoms with van der Waals surface area (Å²) in [5.74, 6) is -1.14. The molecule has 0 bridgehead atoms. The molecule has 0 radical (unpaired) electrons. The van der Waals surface area contributed by atoms with Gasteiger partial charge in [-0.15, -0.1) is 0 Å². The number of aromatic nitrogens is 2. The van der Waals surface area contributed by atoms with Crippen LogP contribution in [0, 0.1) is 20.8 Å². The zero-order valence-electron chi connectivity index (χ0n) is 16.8. The Hall–Kier alpha value is -3.45. The van der Waals surface area contributed by atoms with Crippen LogP contribution in [-0.4, -0.2) is 28.1 Å². The van der Waals surface area contributed by atoms with Gasteiger partial charge in [0.1, 0.15) is 0 Å². The number of carbonyl (C=O) groups excluding carboxylic acids is 2. The molecule has 0 unspecified atom stereocenters. The van der Waals surface area contributed by atoms with E-state index in [2.05, 4.69) is 15.7 Å². The zero-order valence-corrected chi connectivity index (χ0v) is 17.6. The van der Waals surface area contributed by atoms with Crippen LogP contribution in [-0.2, 0) is 4.79 Å². The average molecular weight is 425 g/mol. The molecule has 0 saturated carbocycles. The minimum Gasteiger partial charge on any atom is -0.341 e. The van der Waals surface area contributed by atoms with Crippen molar-refractivity contribution in [1.29, 1.82) is 0 Å². The lowest BCUT2D eigenvalue weighted by atomic mass is 10.1. The van der Waals surface area contributed by atoms with Gasteiger partial charge in [0.05, 0.1) is 17.3 Å². The first-order chi connectivity index (χ1) is 14.3. The van der Waals surface area contributed by atoms with Gasteiger partial charge in [0.15, 0.2) is 5.69 Å². The number of hydrogen-bond donors (Lipinski definition) is 2. The number of amides is 2. The summed E-state index contributed by atoms with van der Waals surface area (Å²) in [6, 6.07) is 13.9. The summed E-state index contributed by atoms with van der Waals surface area (Å²) in [5, 5.41) is 9.83. The van der Waals surface area contributed by atoms with Crippen LogP contribution < -0.4 is 16.1 Å². The second-order valence-corrected chi connectivity index (χ2v) is 7.27. The van der Waals surface area contributed by atoms with Crippen molar-refractivity contribution in [3.8, 4) is 5.69 Å². The Morgan fingerprint density at radius 1 is 1.03 bits per heavy atom. The molecule has 2 N–H and O–H groups in total. The minimum absolute atomic E-state index is 0.298. The van der Waals surface area contributed by atoms with Crippen LogP contribution >= 0.6 is 11.6 Å². The minimum atomic E-state index is -0.738. The molecule has 3 aromatic rings. The van der Waals surface area contributed by atoms with Crippen molar-refractivity contribution in [2.75, 3.05) is 11.9 Å². The molecule has 0 atom stereocenters. The maximum absolute atomic E-state index is 12.5. The van der Waals surface area contributed by atoms with Crippen LogP contribution in [0.15, 0.2) is 53.3 Å². The predicted molar refractivity (Wildman–Crippen MR) is 116 cm³/mol. The van der Waals surface area contributed by atoms with Crippen molar-refractivity contribution < 1.29 is 9.59 Å². The van der Waals surface area contributed by atoms with Crippen molar-refractivity contribution in [1.82, 2.24) is 15.1 Å². The molecule has 1 heterocycles. The largest absolute Gasteiger partial charge is 0.341 e. The molecule has 0 saturated heterocycles. The van der Waals surface area contributed by atoms with Gasteiger partial charge in [0.25, 0.3) is 5.91 Å². The van der Waals surface area contributed by atoms with E-state index in [1.165, 1.54) is 10.7 Å². The molecular weight excluding hydrogens is 404 g/mol. The van der Waals surface area contributed by atoms with Crippen LogP contribution in [0.3, 0.4) is 0 Å². The molecule has 0 fully saturated rings. The van der Waals surface area contributed by atoms with Gasteiger partial charge in [0, 0.05) is 17.4 Å². The average Bonchev–Trinajstić information content (AvgIpc) is 2.70. The van der Waals surface area contributed by atoms with Crippen molar-refractivity contribution in [2.45, 2.75) is 20.8 Å². The van der Waals surface area contributed by atoms with E-state index in [1.807, 2.05) is 32.0 Å². The fourth-order valence-electron chi connectivity index (χ4n) is 3.01. The molecule has 2 aromatic carbocycles. The van der Waals surface area contributed by atoms with E-state index in [1.54, 1.807) is 31.2 Å². The molecule has 0 aliphatic heterocycles. The highest BCUT2D eigenvalue weighted by Crippen LogP contribution is 2.20. The Kier molecular flexibility index (Phi) is 6.32. The van der Waals surface area contributed by atoms with Crippen molar-refractivity contribution in [3.63, 3.8) is 0 Å². The molecule has 8 heteroatoms. The summed E-state index contributed by atoms with van der Waals surface area (Å²) in [5.41, 5.74) is 2.74. The monoisotopic (exact) mass is 424 g/mol. The Bertz CT molecular complexity index is 1170. The van der Waals surface area contributed by atoms with Crippen LogP contribution in [0.25, 0.3) is 5.69 Å². The number of nitrogens with zero attached hydrogens (tertiary/aromatic N) is 2. The maximum atomic E-state index is 12.5. The van der Waals surface area contributed by atoms with Crippen molar-refractivity contribution in [3.05, 3.63) is 86.3 Å². The van der Waals surface area contributed by atoms with Crippen LogP contribution in [0.1, 0.15) is 27.3 Å². The highest BCUT2D eigenvalue weighted by atomic mass is 35.5. The first-order valence-electron chi connectivity index (χ1n) is 9.28. The smallest absolute Gasteiger partial charge is 0.276 e. The van der Waals surface area contributed by atoms with E-state index < -0.39 is 17.2 Å². The predicted octanol–water partition coefficient (Wildman–Crippen LogP) is 3.18. The number of para-hydroxylation sites is 2. The van der Waals surface area contributed by atoms with Crippen molar-refractivity contribution >= 4 is 29.1 Å². The first-order valence-corrected chi connectivity index (χ1v) is 9.66. The van der Waals surface area contributed by atoms with E-state index in [9.17, 15) is 14.4 Å². The molecule has 7 nitrogen and oxygen atoms in total. The normalized spacial score (nSPS) is 10.5. The molecule has 0 aliphatic carbocycles. The van der Waals surface area contributed by atoms with E-state index in [0.717, 1.165) is 11.1 Å². The fraction of sp³-hybridized carbons (Fsp3) is 0.182. The van der Waals surface area contributed by atoms with E-state index >= 15 is 0 Å². The number of aryl methyl sites for hydroxylation is 3. The molecule has 1 aromatic heterocycles. The van der Waals surface area contributed by atoms with Gasteiger partial charge in [-0.25, -0.2) is 4.68 Å². The summed E-state index contributed by atoms with van der Waals surface area (Å²) >= 11 is 6.22. The Labute approximate surface area is 178 Å². The number of anilines is 1. The highest BCUT2D eigenvalue weighted by molar-refractivity contribution is 6.32. The summed E-state index contributed by atoms with van der Waals surface area (Å²) in [7, 11) is 0. The molecule has 3 rings (SSSR count). The third kappa shape index (κ3) is 4.58. The number of carbonyl (C=O) groups is 2. The number of halogens is 1. The number of rotatable bonds is 5. The lowest BCUT2D eigenvalue weighted by Gasteiger charge is -2.13. The third-order valence-corrected chi connectivity index (χ3v) is 4.88. The molecule has 2 amide bonds. The van der Waals surface area contributed by atoms with Gasteiger partial charge in [-0.1, -0.05) is 41.9 Å².